The lowest BCUT2D eigenvalue weighted by molar-refractivity contribution is -0.163. The molecule has 2 amide bonds. The van der Waals surface area contributed by atoms with E-state index in [1.807, 2.05) is 45.1 Å². The summed E-state index contributed by atoms with van der Waals surface area (Å²) in [5.41, 5.74) is -2.35. The van der Waals surface area contributed by atoms with Crippen molar-refractivity contribution in [2.75, 3.05) is 26.3 Å². The minimum Gasteiger partial charge on any atom is -0.465 e. The number of esters is 1. The second kappa shape index (κ2) is 10.7. The summed E-state index contributed by atoms with van der Waals surface area (Å²) < 4.78 is 12.6. The highest BCUT2D eigenvalue weighted by molar-refractivity contribution is 5.99. The molecule has 0 bridgehead atoms. The molecule has 4 aliphatic heterocycles. The van der Waals surface area contributed by atoms with Crippen LogP contribution in [0.1, 0.15) is 66.2 Å². The van der Waals surface area contributed by atoms with E-state index in [1.165, 1.54) is 0 Å². The fraction of sp³-hybridized carbons (Fsp3) is 0.750. The van der Waals surface area contributed by atoms with Gasteiger partial charge in [-0.25, -0.2) is 0 Å². The van der Waals surface area contributed by atoms with Crippen LogP contribution in [0.4, 0.5) is 0 Å². The lowest BCUT2D eigenvalue weighted by Crippen LogP contribution is -2.60. The van der Waals surface area contributed by atoms with Gasteiger partial charge in [-0.1, -0.05) is 64.8 Å². The number of carbonyl (C=O) groups excluding carboxylic acids is 3. The highest BCUT2D eigenvalue weighted by atomic mass is 16.6. The van der Waals surface area contributed by atoms with E-state index in [-0.39, 0.29) is 30.9 Å². The topological polar surface area (TPSA) is 96.4 Å². The van der Waals surface area contributed by atoms with E-state index in [4.69, 9.17) is 9.47 Å². The molecule has 8 heteroatoms. The zero-order chi connectivity index (χ0) is 26.1. The Kier molecular flexibility index (Phi) is 7.95. The van der Waals surface area contributed by atoms with Crippen molar-refractivity contribution in [2.45, 2.75) is 89.5 Å². The van der Waals surface area contributed by atoms with Gasteiger partial charge in [-0.2, -0.15) is 0 Å². The third kappa shape index (κ3) is 4.10. The van der Waals surface area contributed by atoms with Gasteiger partial charge in [-0.15, -0.1) is 0 Å². The lowest BCUT2D eigenvalue weighted by Gasteiger charge is -2.42. The molecule has 0 aromatic carbocycles. The molecule has 8 nitrogen and oxygen atoms in total. The van der Waals surface area contributed by atoms with Crippen molar-refractivity contribution in [2.24, 2.45) is 17.8 Å². The fourth-order valence-electron chi connectivity index (χ4n) is 6.58. The van der Waals surface area contributed by atoms with Gasteiger partial charge >= 0.3 is 5.97 Å². The van der Waals surface area contributed by atoms with E-state index >= 15 is 0 Å². The maximum absolute atomic E-state index is 14.4. The van der Waals surface area contributed by atoms with E-state index in [9.17, 15) is 19.5 Å². The zero-order valence-corrected chi connectivity index (χ0v) is 22.2. The Bertz CT molecular complexity index is 918. The van der Waals surface area contributed by atoms with E-state index in [1.54, 1.807) is 9.80 Å². The van der Waals surface area contributed by atoms with Crippen LogP contribution in [0.3, 0.4) is 0 Å². The summed E-state index contributed by atoms with van der Waals surface area (Å²) in [7, 11) is 0. The monoisotopic (exact) mass is 502 g/mol. The molecule has 1 unspecified atom stereocenters. The van der Waals surface area contributed by atoms with Crippen LogP contribution in [-0.2, 0) is 23.9 Å². The Labute approximate surface area is 214 Å². The third-order valence-electron chi connectivity index (χ3n) is 8.78. The van der Waals surface area contributed by atoms with Crippen molar-refractivity contribution in [3.8, 4) is 0 Å². The van der Waals surface area contributed by atoms with E-state index < -0.39 is 41.1 Å². The maximum atomic E-state index is 14.4. The molecule has 0 radical (unpaired) electrons. The second-order valence-electron chi connectivity index (χ2n) is 10.8. The van der Waals surface area contributed by atoms with E-state index in [2.05, 4.69) is 6.92 Å². The molecule has 4 rings (SSSR count). The van der Waals surface area contributed by atoms with Crippen LogP contribution >= 0.6 is 0 Å². The van der Waals surface area contributed by atoms with Crippen molar-refractivity contribution in [1.82, 2.24) is 9.80 Å². The predicted molar refractivity (Wildman–Crippen MR) is 135 cm³/mol. The van der Waals surface area contributed by atoms with Crippen molar-refractivity contribution < 1.29 is 29.0 Å². The number of carbonyl (C=O) groups is 3. The minimum atomic E-state index is -1.31. The van der Waals surface area contributed by atoms with Crippen LogP contribution in [0.2, 0.25) is 0 Å². The molecule has 0 aromatic rings. The first kappa shape index (κ1) is 26.9. The SMILES string of the molecule is CCCCN1CC=C[C@]23O[C@]4(CC)/C=C\CCCOC(=O)[C@@H]4[C@H]2C(=O)N([C@@H](CO)[C@@H](C)CC)C3C1=O. The Balaban J connectivity index is 1.90. The van der Waals surface area contributed by atoms with Crippen LogP contribution in [0.5, 0.6) is 0 Å². The summed E-state index contributed by atoms with van der Waals surface area (Å²) in [4.78, 5) is 45.5. The van der Waals surface area contributed by atoms with Gasteiger partial charge < -0.3 is 24.4 Å². The average Bonchev–Trinajstić information content (AvgIpc) is 3.26. The first-order valence-electron chi connectivity index (χ1n) is 13.8. The predicted octanol–water partition coefficient (Wildman–Crippen LogP) is 2.85. The van der Waals surface area contributed by atoms with Gasteiger partial charge in [0.15, 0.2) is 0 Å². The Morgan fingerprint density at radius 2 is 1.89 bits per heavy atom. The molecule has 0 saturated carbocycles. The Hall–Kier alpha value is -2.19. The molecule has 7 atom stereocenters. The molecule has 200 valence electrons. The van der Waals surface area contributed by atoms with Gasteiger partial charge in [0.1, 0.15) is 23.2 Å². The summed E-state index contributed by atoms with van der Waals surface area (Å²) >= 11 is 0. The first-order chi connectivity index (χ1) is 17.3. The minimum absolute atomic E-state index is 0.0396. The molecular formula is C28H42N2O6. The normalized spacial score (nSPS) is 36.7. The summed E-state index contributed by atoms with van der Waals surface area (Å²) in [6, 6.07) is -1.50. The van der Waals surface area contributed by atoms with Crippen molar-refractivity contribution in [3.05, 3.63) is 24.3 Å². The second-order valence-corrected chi connectivity index (χ2v) is 10.8. The number of likely N-dealkylation sites (tertiary alicyclic amines) is 1. The highest BCUT2D eigenvalue weighted by Gasteiger charge is 2.76. The Morgan fingerprint density at radius 3 is 2.56 bits per heavy atom. The number of amides is 2. The molecule has 2 saturated heterocycles. The molecule has 1 N–H and O–H groups in total. The molecular weight excluding hydrogens is 460 g/mol. The van der Waals surface area contributed by atoms with E-state index in [0.717, 1.165) is 25.7 Å². The number of hydrogen-bond donors (Lipinski definition) is 1. The molecule has 2 fully saturated rings. The largest absolute Gasteiger partial charge is 0.465 e. The number of allylic oxidation sites excluding steroid dienone is 1. The molecule has 36 heavy (non-hydrogen) atoms. The first-order valence-corrected chi connectivity index (χ1v) is 13.8. The smallest absolute Gasteiger partial charge is 0.313 e. The number of cyclic esters (lactones) is 1. The number of aliphatic hydroxyl groups excluding tert-OH is 1. The number of fused-ring (bicyclic) bond motifs is 2. The standard InChI is InChI=1S/C28H42N2O6/c1-5-8-15-29-16-12-14-28-21(22-26(34)35-17-11-9-10-13-27(22,7-3)36-28)24(32)30(23(28)25(29)33)20(18-31)19(4)6-2/h10,12-14,19-23,31H,5-9,11,15-18H2,1-4H3/b13-10-/t19-,20-,21-,22-,23?,27+,28-/m0/s1. The summed E-state index contributed by atoms with van der Waals surface area (Å²) in [6.45, 7) is 9.03. The lowest BCUT2D eigenvalue weighted by atomic mass is 9.73. The van der Waals surface area contributed by atoms with Crippen LogP contribution < -0.4 is 0 Å². The number of aliphatic hydroxyl groups is 1. The van der Waals surface area contributed by atoms with Gasteiger partial charge in [0.2, 0.25) is 11.8 Å². The van der Waals surface area contributed by atoms with Gasteiger partial charge in [-0.3, -0.25) is 14.4 Å². The molecule has 4 heterocycles. The van der Waals surface area contributed by atoms with Crippen LogP contribution in [-0.4, -0.2) is 82.3 Å². The summed E-state index contributed by atoms with van der Waals surface area (Å²) in [5, 5.41) is 10.4. The number of hydrogen-bond acceptors (Lipinski definition) is 6. The van der Waals surface area contributed by atoms with Gasteiger partial charge in [-0.05, 0) is 31.6 Å². The Morgan fingerprint density at radius 1 is 1.11 bits per heavy atom. The van der Waals surface area contributed by atoms with Gasteiger partial charge in [0.05, 0.1) is 25.2 Å². The van der Waals surface area contributed by atoms with E-state index in [0.29, 0.717) is 25.9 Å². The van der Waals surface area contributed by atoms with Crippen LogP contribution in [0.25, 0.3) is 0 Å². The number of ether oxygens (including phenoxy) is 2. The molecule has 0 aromatic heterocycles. The number of rotatable bonds is 8. The van der Waals surface area contributed by atoms with Crippen LogP contribution in [0, 0.1) is 17.8 Å². The zero-order valence-electron chi connectivity index (χ0n) is 22.2. The van der Waals surface area contributed by atoms with Crippen LogP contribution in [0.15, 0.2) is 24.3 Å². The van der Waals surface area contributed by atoms with Gasteiger partial charge in [0, 0.05) is 13.1 Å². The van der Waals surface area contributed by atoms with Gasteiger partial charge in [0.25, 0.3) is 0 Å². The van der Waals surface area contributed by atoms with Crippen molar-refractivity contribution >= 4 is 17.8 Å². The number of unbranched alkanes of at least 4 members (excludes halogenated alkanes) is 1. The molecule has 1 spiro atoms. The molecule has 4 aliphatic rings. The molecule has 0 aliphatic carbocycles. The maximum Gasteiger partial charge on any atom is 0.313 e. The quantitative estimate of drug-likeness (QED) is 0.405. The summed E-state index contributed by atoms with van der Waals surface area (Å²) in [6.07, 6.45) is 12.2. The highest BCUT2D eigenvalue weighted by Crippen LogP contribution is 2.58. The van der Waals surface area contributed by atoms with Crippen molar-refractivity contribution in [1.29, 1.82) is 0 Å². The third-order valence-corrected chi connectivity index (χ3v) is 8.78. The summed E-state index contributed by atoms with van der Waals surface area (Å²) in [5.74, 6) is -2.74. The number of nitrogens with zero attached hydrogens (tertiary/aromatic N) is 2. The fourth-order valence-corrected chi connectivity index (χ4v) is 6.58. The average molecular weight is 503 g/mol. The van der Waals surface area contributed by atoms with Crippen molar-refractivity contribution in [3.63, 3.8) is 0 Å².